The van der Waals surface area contributed by atoms with Gasteiger partial charge in [-0.05, 0) is 50.9 Å². The molecule has 10 heteroatoms. The van der Waals surface area contributed by atoms with Crippen LogP contribution in [0.4, 0.5) is 0 Å². The van der Waals surface area contributed by atoms with Crippen LogP contribution in [0.2, 0.25) is 0 Å². The predicted molar refractivity (Wildman–Crippen MR) is 102 cm³/mol. The van der Waals surface area contributed by atoms with Crippen LogP contribution in [0.25, 0.3) is 6.08 Å². The van der Waals surface area contributed by atoms with Gasteiger partial charge >= 0.3 is 5.97 Å². The van der Waals surface area contributed by atoms with Crippen molar-refractivity contribution in [3.05, 3.63) is 25.5 Å². The number of hydrogen-bond donors (Lipinski definition) is 2. The zero-order valence-corrected chi connectivity index (χ0v) is 17.0. The molecule has 1 heterocycles. The number of phenols is 1. The lowest BCUT2D eigenvalue weighted by molar-refractivity contribution is -0.140. The smallest absolute Gasteiger partial charge is 0.323 e. The first-order valence-electron chi connectivity index (χ1n) is 6.57. The number of aliphatic carboxylic acids is 1. The Morgan fingerprint density at radius 3 is 2.75 bits per heavy atom. The quantitative estimate of drug-likeness (QED) is 0.475. The minimum absolute atomic E-state index is 0.129. The van der Waals surface area contributed by atoms with Crippen LogP contribution in [-0.2, 0) is 9.59 Å². The fourth-order valence-corrected chi connectivity index (χ4v) is 3.99. The highest BCUT2D eigenvalue weighted by Crippen LogP contribution is 2.43. The number of carbonyl (C=O) groups is 2. The molecule has 1 aliphatic heterocycles. The summed E-state index contributed by atoms with van der Waals surface area (Å²) in [5, 5.41) is 19.2. The second-order valence-corrected chi connectivity index (χ2v) is 7.85. The van der Waals surface area contributed by atoms with Crippen LogP contribution in [0, 0.1) is 0 Å². The maximum absolute atomic E-state index is 12.3. The summed E-state index contributed by atoms with van der Waals surface area (Å²) in [4.78, 5) is 24.4. The van der Waals surface area contributed by atoms with E-state index in [1.807, 2.05) is 0 Å². The van der Waals surface area contributed by atoms with Crippen molar-refractivity contribution in [2.75, 3.05) is 13.2 Å². The molecule has 1 aliphatic rings. The molecular weight excluding hydrogens is 486 g/mol. The predicted octanol–water partition coefficient (Wildman–Crippen LogP) is 3.60. The maximum Gasteiger partial charge on any atom is 0.323 e. The molecule has 0 radical (unpaired) electrons. The lowest BCUT2D eigenvalue weighted by Gasteiger charge is -2.12. The van der Waals surface area contributed by atoms with Crippen LogP contribution in [0.1, 0.15) is 12.5 Å². The Morgan fingerprint density at radius 1 is 1.50 bits per heavy atom. The molecule has 128 valence electrons. The van der Waals surface area contributed by atoms with Gasteiger partial charge in [-0.1, -0.05) is 24.0 Å². The van der Waals surface area contributed by atoms with Gasteiger partial charge < -0.3 is 14.9 Å². The number of ether oxygens (including phenoxy) is 1. The standard InChI is InChI=1S/C14H11Br2NO5S2/c1-2-22-8-4-7(15)11(16)6(12(8)20)3-9-13(21)17(5-10(18)19)14(23)24-9/h3-4,20H,2,5H2,1H3,(H,18,19)/b9-3-. The summed E-state index contributed by atoms with van der Waals surface area (Å²) in [5.41, 5.74) is 0.337. The number of carbonyl (C=O) groups excluding carboxylic acids is 1. The number of benzene rings is 1. The van der Waals surface area contributed by atoms with Gasteiger partial charge in [-0.3, -0.25) is 14.5 Å². The fraction of sp³-hybridized carbons (Fsp3) is 0.214. The van der Waals surface area contributed by atoms with Crippen LogP contribution in [0.3, 0.4) is 0 Å². The molecule has 1 aromatic carbocycles. The van der Waals surface area contributed by atoms with Crippen LogP contribution >= 0.6 is 55.8 Å². The van der Waals surface area contributed by atoms with Crippen molar-refractivity contribution in [2.24, 2.45) is 0 Å². The highest BCUT2D eigenvalue weighted by molar-refractivity contribution is 9.13. The SMILES string of the molecule is CCOc1cc(Br)c(Br)c(/C=C2\SC(=S)N(CC(=O)O)C2=O)c1O. The normalized spacial score (nSPS) is 16.1. The molecule has 0 bridgehead atoms. The van der Waals surface area contributed by atoms with Crippen LogP contribution in [0.5, 0.6) is 11.5 Å². The molecule has 0 unspecified atom stereocenters. The molecule has 1 fully saturated rings. The summed E-state index contributed by atoms with van der Waals surface area (Å²) in [7, 11) is 0. The molecule has 0 spiro atoms. The van der Waals surface area contributed by atoms with Crippen molar-refractivity contribution < 1.29 is 24.5 Å². The van der Waals surface area contributed by atoms with Gasteiger partial charge in [-0.15, -0.1) is 0 Å². The van der Waals surface area contributed by atoms with E-state index in [9.17, 15) is 14.7 Å². The van der Waals surface area contributed by atoms with E-state index in [1.54, 1.807) is 13.0 Å². The average Bonchev–Trinajstić information content (AvgIpc) is 2.76. The summed E-state index contributed by atoms with van der Waals surface area (Å²) < 4.78 is 6.69. The summed E-state index contributed by atoms with van der Waals surface area (Å²) in [6, 6.07) is 1.61. The van der Waals surface area contributed by atoms with Crippen molar-refractivity contribution in [1.29, 1.82) is 0 Å². The van der Waals surface area contributed by atoms with E-state index in [2.05, 4.69) is 31.9 Å². The molecular formula is C14H11Br2NO5S2. The number of rotatable bonds is 5. The fourth-order valence-electron chi connectivity index (χ4n) is 1.91. The van der Waals surface area contributed by atoms with E-state index in [0.717, 1.165) is 16.7 Å². The third-order valence-corrected chi connectivity index (χ3v) is 6.32. The molecule has 2 N–H and O–H groups in total. The Labute approximate surface area is 164 Å². The number of thioether (sulfide) groups is 1. The number of thiocarbonyl (C=S) groups is 1. The summed E-state index contributed by atoms with van der Waals surface area (Å²) >= 11 is 12.7. The molecule has 1 aromatic rings. The van der Waals surface area contributed by atoms with E-state index < -0.39 is 18.4 Å². The number of halogens is 2. The molecule has 2 rings (SSSR count). The third-order valence-electron chi connectivity index (χ3n) is 2.93. The summed E-state index contributed by atoms with van der Waals surface area (Å²) in [6.45, 7) is 1.64. The molecule has 24 heavy (non-hydrogen) atoms. The number of hydrogen-bond acceptors (Lipinski definition) is 6. The third kappa shape index (κ3) is 3.93. The largest absolute Gasteiger partial charge is 0.504 e. The molecule has 0 aromatic heterocycles. The van der Waals surface area contributed by atoms with Gasteiger partial charge in [0, 0.05) is 14.5 Å². The van der Waals surface area contributed by atoms with E-state index in [0.29, 0.717) is 21.1 Å². The van der Waals surface area contributed by atoms with Gasteiger partial charge in [0.05, 0.1) is 11.5 Å². The van der Waals surface area contributed by atoms with Gasteiger partial charge in [0.15, 0.2) is 11.5 Å². The molecule has 6 nitrogen and oxygen atoms in total. The van der Waals surface area contributed by atoms with Gasteiger partial charge in [-0.2, -0.15) is 0 Å². The van der Waals surface area contributed by atoms with Gasteiger partial charge in [0.1, 0.15) is 10.9 Å². The Morgan fingerprint density at radius 2 is 2.17 bits per heavy atom. The Kier molecular flexibility index (Phi) is 6.29. The Bertz CT molecular complexity index is 766. The number of phenolic OH excluding ortho intramolecular Hbond substituents is 1. The second-order valence-electron chi connectivity index (χ2n) is 4.53. The van der Waals surface area contributed by atoms with Crippen LogP contribution in [0.15, 0.2) is 19.9 Å². The highest BCUT2D eigenvalue weighted by atomic mass is 79.9. The van der Waals surface area contributed by atoms with Crippen molar-refractivity contribution >= 4 is 78.1 Å². The summed E-state index contributed by atoms with van der Waals surface area (Å²) in [6.07, 6.45) is 1.45. The van der Waals surface area contributed by atoms with E-state index in [-0.39, 0.29) is 20.7 Å². The van der Waals surface area contributed by atoms with Crippen LogP contribution in [-0.4, -0.2) is 44.5 Å². The van der Waals surface area contributed by atoms with Crippen molar-refractivity contribution in [2.45, 2.75) is 6.92 Å². The number of carboxylic acids is 1. The highest BCUT2D eigenvalue weighted by Gasteiger charge is 2.34. The summed E-state index contributed by atoms with van der Waals surface area (Å²) in [5.74, 6) is -1.54. The molecule has 0 atom stereocenters. The second kappa shape index (κ2) is 7.85. The molecule has 0 saturated carbocycles. The monoisotopic (exact) mass is 495 g/mol. The lowest BCUT2D eigenvalue weighted by atomic mass is 10.1. The van der Waals surface area contributed by atoms with E-state index >= 15 is 0 Å². The lowest BCUT2D eigenvalue weighted by Crippen LogP contribution is -2.33. The number of nitrogens with zero attached hydrogens (tertiary/aromatic N) is 1. The zero-order valence-electron chi connectivity index (χ0n) is 12.2. The first-order valence-corrected chi connectivity index (χ1v) is 9.38. The number of aromatic hydroxyl groups is 1. The zero-order chi connectivity index (χ0) is 18.0. The van der Waals surface area contributed by atoms with Crippen molar-refractivity contribution in [3.63, 3.8) is 0 Å². The van der Waals surface area contributed by atoms with Gasteiger partial charge in [0.25, 0.3) is 5.91 Å². The van der Waals surface area contributed by atoms with Crippen molar-refractivity contribution in [3.8, 4) is 11.5 Å². The van der Waals surface area contributed by atoms with E-state index in [4.69, 9.17) is 22.1 Å². The number of amides is 1. The molecule has 1 saturated heterocycles. The van der Waals surface area contributed by atoms with Gasteiger partial charge in [-0.25, -0.2) is 0 Å². The Balaban J connectivity index is 2.46. The first kappa shape index (κ1) is 19.2. The topological polar surface area (TPSA) is 87.1 Å². The van der Waals surface area contributed by atoms with Crippen LogP contribution < -0.4 is 4.74 Å². The first-order chi connectivity index (χ1) is 11.3. The minimum Gasteiger partial charge on any atom is -0.504 e. The Hall–Kier alpha value is -1.10. The minimum atomic E-state index is -1.15. The van der Waals surface area contributed by atoms with Crippen molar-refractivity contribution in [1.82, 2.24) is 4.90 Å². The molecule has 1 amide bonds. The maximum atomic E-state index is 12.3. The molecule has 0 aliphatic carbocycles. The van der Waals surface area contributed by atoms with E-state index in [1.165, 1.54) is 6.08 Å². The van der Waals surface area contributed by atoms with Gasteiger partial charge in [0.2, 0.25) is 0 Å². The average molecular weight is 497 g/mol. The number of carboxylic acid groups (broad SMARTS) is 1.